The van der Waals surface area contributed by atoms with Crippen LogP contribution in [-0.2, 0) is 28.3 Å². The fourth-order valence-corrected chi connectivity index (χ4v) is 6.18. The normalized spacial score (nSPS) is 24.8. The molecule has 2 aromatic heterocycles. The third-order valence-corrected chi connectivity index (χ3v) is 8.44. The quantitative estimate of drug-likeness (QED) is 0.459. The number of aromatic nitrogens is 3. The number of fused-ring (bicyclic) bond motifs is 1. The number of carbonyl (C=O) groups excluding carboxylic acids is 3. The summed E-state index contributed by atoms with van der Waals surface area (Å²) in [6, 6.07) is 5.97. The van der Waals surface area contributed by atoms with Gasteiger partial charge in [-0.1, -0.05) is 31.1 Å². The highest BCUT2D eigenvalue weighted by molar-refractivity contribution is 6.05. The lowest BCUT2D eigenvalue weighted by molar-refractivity contribution is -0.137. The van der Waals surface area contributed by atoms with Gasteiger partial charge in [-0.15, -0.1) is 0 Å². The average Bonchev–Trinajstić information content (AvgIpc) is 3.56. The fourth-order valence-electron chi connectivity index (χ4n) is 6.18. The Morgan fingerprint density at radius 1 is 1.18 bits per heavy atom. The van der Waals surface area contributed by atoms with E-state index in [0.29, 0.717) is 31.2 Å². The highest BCUT2D eigenvalue weighted by atomic mass is 19.1. The lowest BCUT2D eigenvalue weighted by atomic mass is 9.66. The molecular formula is C28H29FN6O5. The predicted molar refractivity (Wildman–Crippen MR) is 138 cm³/mol. The van der Waals surface area contributed by atoms with Crippen molar-refractivity contribution < 1.29 is 28.4 Å². The number of hydrogen-bond donors (Lipinski definition) is 2. The Balaban J connectivity index is 1.19. The van der Waals surface area contributed by atoms with Crippen molar-refractivity contribution in [1.29, 1.82) is 0 Å². The molecule has 11 nitrogen and oxygen atoms in total. The van der Waals surface area contributed by atoms with Crippen molar-refractivity contribution in [3.8, 4) is 11.5 Å². The second kappa shape index (κ2) is 9.56. The highest BCUT2D eigenvalue weighted by Crippen LogP contribution is 2.48. The van der Waals surface area contributed by atoms with Crippen molar-refractivity contribution in [2.24, 2.45) is 5.41 Å². The Hall–Kier alpha value is -4.03. The van der Waals surface area contributed by atoms with Crippen molar-refractivity contribution in [2.75, 3.05) is 13.1 Å². The number of likely N-dealkylation sites (tertiary alicyclic amines) is 1. The minimum atomic E-state index is -1.48. The number of hydrogen-bond acceptors (Lipinski definition) is 9. The first kappa shape index (κ1) is 26.2. The zero-order chi connectivity index (χ0) is 28.2. The Morgan fingerprint density at radius 3 is 2.67 bits per heavy atom. The van der Waals surface area contributed by atoms with Crippen LogP contribution in [0.5, 0.6) is 0 Å². The SMILES string of the molecule is CC1(C)CN(Cc2ccc(-c3ncon3)nc2)CC[C@@]1(O)c1ccc2c(c1F)CN([C@@H]1CCC(=O)NC1=O)C2=O. The summed E-state index contributed by atoms with van der Waals surface area (Å²) < 4.78 is 20.9. The predicted octanol–water partition coefficient (Wildman–Crippen LogP) is 2.15. The molecular weight excluding hydrogens is 519 g/mol. The van der Waals surface area contributed by atoms with E-state index < -0.39 is 34.7 Å². The largest absolute Gasteiger partial charge is 0.384 e. The molecule has 3 aliphatic rings. The summed E-state index contributed by atoms with van der Waals surface area (Å²) in [7, 11) is 0. The molecule has 2 saturated heterocycles. The van der Waals surface area contributed by atoms with Crippen molar-refractivity contribution >= 4 is 17.7 Å². The van der Waals surface area contributed by atoms with Gasteiger partial charge in [0.2, 0.25) is 24.0 Å². The van der Waals surface area contributed by atoms with Crippen molar-refractivity contribution in [3.05, 3.63) is 64.9 Å². The minimum absolute atomic E-state index is 0.0877. The lowest BCUT2D eigenvalue weighted by Crippen LogP contribution is -2.55. The average molecular weight is 549 g/mol. The molecule has 208 valence electrons. The molecule has 0 aliphatic carbocycles. The molecule has 40 heavy (non-hydrogen) atoms. The number of nitrogens with zero attached hydrogens (tertiary/aromatic N) is 5. The van der Waals surface area contributed by atoms with E-state index in [2.05, 4.69) is 25.3 Å². The van der Waals surface area contributed by atoms with Crippen LogP contribution in [0.3, 0.4) is 0 Å². The van der Waals surface area contributed by atoms with Gasteiger partial charge < -0.3 is 14.5 Å². The van der Waals surface area contributed by atoms with Gasteiger partial charge in [-0.3, -0.25) is 29.6 Å². The molecule has 0 saturated carbocycles. The van der Waals surface area contributed by atoms with Crippen LogP contribution < -0.4 is 5.32 Å². The molecule has 2 N–H and O–H groups in total. The van der Waals surface area contributed by atoms with Gasteiger partial charge >= 0.3 is 0 Å². The molecule has 3 amide bonds. The standard InChI is InChI=1S/C28H29FN6O5/c1-27(2)14-34(12-16-3-6-20(30-11-16)24-31-15-40-33-24)10-9-28(27,39)19-5-4-17-18(23(19)29)13-35(26(17)38)21-7-8-22(36)32-25(21)37/h3-6,11,15,21,39H,7-10,12-14H2,1-2H3,(H,32,36,37)/t21-,28-/m1/s1. The van der Waals surface area contributed by atoms with E-state index in [9.17, 15) is 19.5 Å². The summed E-state index contributed by atoms with van der Waals surface area (Å²) in [5.41, 5.74) is -0.122. The van der Waals surface area contributed by atoms with Crippen LogP contribution in [0.15, 0.2) is 41.4 Å². The van der Waals surface area contributed by atoms with Crippen LogP contribution in [0.4, 0.5) is 4.39 Å². The van der Waals surface area contributed by atoms with Crippen molar-refractivity contribution in [3.63, 3.8) is 0 Å². The number of piperidine rings is 2. The molecule has 1 aromatic carbocycles. The van der Waals surface area contributed by atoms with Crippen molar-refractivity contribution in [1.82, 2.24) is 30.2 Å². The minimum Gasteiger partial charge on any atom is -0.384 e. The van der Waals surface area contributed by atoms with Gasteiger partial charge in [0.05, 0.1) is 12.1 Å². The zero-order valence-corrected chi connectivity index (χ0v) is 22.2. The Kier molecular flexibility index (Phi) is 6.26. The van der Waals surface area contributed by atoms with Crippen LogP contribution in [-0.4, -0.2) is 66.9 Å². The van der Waals surface area contributed by atoms with E-state index in [0.717, 1.165) is 5.56 Å². The van der Waals surface area contributed by atoms with Crippen molar-refractivity contribution in [2.45, 2.75) is 57.8 Å². The first-order valence-corrected chi connectivity index (χ1v) is 13.2. The molecule has 2 fully saturated rings. The van der Waals surface area contributed by atoms with Gasteiger partial charge in [-0.05, 0) is 30.5 Å². The highest BCUT2D eigenvalue weighted by Gasteiger charge is 2.51. The van der Waals surface area contributed by atoms with E-state index in [1.165, 1.54) is 17.4 Å². The van der Waals surface area contributed by atoms with Gasteiger partial charge in [0.25, 0.3) is 5.91 Å². The van der Waals surface area contributed by atoms with Crippen LogP contribution in [0.1, 0.15) is 60.2 Å². The second-order valence-corrected chi connectivity index (χ2v) is 11.4. The number of rotatable bonds is 5. The van der Waals surface area contributed by atoms with Gasteiger partial charge in [-0.25, -0.2) is 4.39 Å². The summed E-state index contributed by atoms with van der Waals surface area (Å²) in [5, 5.41) is 18.0. The molecule has 2 atom stereocenters. The monoisotopic (exact) mass is 548 g/mol. The number of aliphatic hydroxyl groups is 1. The number of amides is 3. The lowest BCUT2D eigenvalue weighted by Gasteiger charge is -2.50. The topological polar surface area (TPSA) is 142 Å². The maximum Gasteiger partial charge on any atom is 0.255 e. The molecule has 0 bridgehead atoms. The van der Waals surface area contributed by atoms with Crippen LogP contribution >= 0.6 is 0 Å². The van der Waals surface area contributed by atoms with Gasteiger partial charge in [0, 0.05) is 54.4 Å². The van der Waals surface area contributed by atoms with Gasteiger partial charge in [-0.2, -0.15) is 4.98 Å². The third-order valence-electron chi connectivity index (χ3n) is 8.44. The summed E-state index contributed by atoms with van der Waals surface area (Å²) in [6.07, 6.45) is 3.60. The second-order valence-electron chi connectivity index (χ2n) is 11.4. The first-order valence-electron chi connectivity index (χ1n) is 13.2. The van der Waals surface area contributed by atoms with E-state index in [4.69, 9.17) is 4.52 Å². The molecule has 5 heterocycles. The number of imide groups is 1. The smallest absolute Gasteiger partial charge is 0.255 e. The molecule has 3 aliphatic heterocycles. The van der Waals surface area contributed by atoms with Crippen LogP contribution in [0.25, 0.3) is 11.5 Å². The summed E-state index contributed by atoms with van der Waals surface area (Å²) in [5.74, 6) is -1.59. The van der Waals surface area contributed by atoms with Crippen LogP contribution in [0.2, 0.25) is 0 Å². The number of halogens is 1. The molecule has 12 heteroatoms. The first-order chi connectivity index (χ1) is 19.1. The summed E-state index contributed by atoms with van der Waals surface area (Å²) in [4.78, 5) is 48.9. The molecule has 0 spiro atoms. The molecule has 3 aromatic rings. The van der Waals surface area contributed by atoms with Crippen LogP contribution in [0, 0.1) is 11.2 Å². The maximum absolute atomic E-state index is 16.1. The number of pyridine rings is 1. The Bertz CT molecular complexity index is 1490. The Morgan fingerprint density at radius 2 is 2.00 bits per heavy atom. The van der Waals surface area contributed by atoms with E-state index in [1.54, 1.807) is 12.3 Å². The van der Waals surface area contributed by atoms with E-state index >= 15 is 4.39 Å². The summed E-state index contributed by atoms with van der Waals surface area (Å²) in [6.45, 7) is 5.34. The van der Waals surface area contributed by atoms with Gasteiger partial charge in [0.1, 0.15) is 17.6 Å². The number of carbonyl (C=O) groups is 3. The van der Waals surface area contributed by atoms with E-state index in [1.807, 2.05) is 26.0 Å². The fraction of sp³-hybridized carbons (Fsp3) is 0.429. The van der Waals surface area contributed by atoms with E-state index in [-0.39, 0.29) is 48.4 Å². The summed E-state index contributed by atoms with van der Waals surface area (Å²) >= 11 is 0. The van der Waals surface area contributed by atoms with Gasteiger partial charge in [0.15, 0.2) is 0 Å². The molecule has 6 rings (SSSR count). The zero-order valence-electron chi connectivity index (χ0n) is 22.2. The number of nitrogens with one attached hydrogen (secondary N) is 1. The molecule has 0 unspecified atom stereocenters. The Labute approximate surface area is 229 Å². The maximum atomic E-state index is 16.1. The number of benzene rings is 1. The third kappa shape index (κ3) is 4.27. The molecule has 0 radical (unpaired) electrons.